The Bertz CT molecular complexity index is 1010. The highest BCUT2D eigenvalue weighted by Gasteiger charge is 2.30. The van der Waals surface area contributed by atoms with Gasteiger partial charge in [0.2, 0.25) is 5.43 Å². The van der Waals surface area contributed by atoms with Gasteiger partial charge >= 0.3 is 0 Å². The first-order chi connectivity index (χ1) is 13.9. The van der Waals surface area contributed by atoms with Gasteiger partial charge in [-0.25, -0.2) is 4.39 Å². The maximum atomic E-state index is 15.2. The number of amides is 1. The Kier molecular flexibility index (Phi) is 5.21. The molecule has 2 aromatic rings. The van der Waals surface area contributed by atoms with Crippen LogP contribution in [0.5, 0.6) is 5.75 Å². The summed E-state index contributed by atoms with van der Waals surface area (Å²) in [5.74, 6) is -0.507. The number of nitrogens with one attached hydrogen (secondary N) is 1. The number of hydrogen-bond acceptors (Lipinski definition) is 5. The smallest absolute Gasteiger partial charge is 0.256 e. The van der Waals surface area contributed by atoms with Crippen molar-refractivity contribution in [3.8, 4) is 5.75 Å². The SMILES string of the molecule is CCCNC(=O)c1cn2c3c(c(N4CCN(C)CC4)c(F)cc3c1=O)OC[C@@H]2C. The van der Waals surface area contributed by atoms with Gasteiger partial charge in [-0.05, 0) is 26.5 Å². The van der Waals surface area contributed by atoms with Crippen LogP contribution < -0.4 is 20.4 Å². The fourth-order valence-electron chi connectivity index (χ4n) is 4.03. The molecule has 0 spiro atoms. The maximum Gasteiger partial charge on any atom is 0.256 e. The molecule has 1 atom stereocenters. The molecule has 2 aliphatic rings. The molecular weight excluding hydrogens is 375 g/mol. The van der Waals surface area contributed by atoms with Gasteiger partial charge in [0.05, 0.1) is 16.9 Å². The first kappa shape index (κ1) is 19.7. The first-order valence-corrected chi connectivity index (χ1v) is 10.2. The van der Waals surface area contributed by atoms with Crippen molar-refractivity contribution in [2.24, 2.45) is 0 Å². The van der Waals surface area contributed by atoms with Crippen molar-refractivity contribution in [1.82, 2.24) is 14.8 Å². The number of aromatic nitrogens is 1. The second kappa shape index (κ2) is 7.67. The van der Waals surface area contributed by atoms with Crippen molar-refractivity contribution in [2.45, 2.75) is 26.3 Å². The minimum absolute atomic E-state index is 0.0393. The minimum Gasteiger partial charge on any atom is -0.487 e. The number of nitrogens with zero attached hydrogens (tertiary/aromatic N) is 3. The summed E-state index contributed by atoms with van der Waals surface area (Å²) < 4.78 is 23.1. The minimum atomic E-state index is -0.485. The number of hydrogen-bond donors (Lipinski definition) is 1. The Morgan fingerprint density at radius 1 is 1.31 bits per heavy atom. The molecule has 2 aliphatic heterocycles. The molecule has 0 radical (unpaired) electrons. The van der Waals surface area contributed by atoms with Crippen LogP contribution in [0.15, 0.2) is 17.1 Å². The van der Waals surface area contributed by atoms with E-state index in [1.165, 1.54) is 6.07 Å². The van der Waals surface area contributed by atoms with Crippen LogP contribution in [0.4, 0.5) is 10.1 Å². The molecule has 1 saturated heterocycles. The number of rotatable bonds is 4. The van der Waals surface area contributed by atoms with Crippen molar-refractivity contribution >= 4 is 22.5 Å². The second-order valence-corrected chi connectivity index (χ2v) is 7.92. The lowest BCUT2D eigenvalue weighted by molar-refractivity contribution is 0.0951. The number of piperazine rings is 1. The van der Waals surface area contributed by atoms with Crippen LogP contribution >= 0.6 is 0 Å². The third-order valence-electron chi connectivity index (χ3n) is 5.74. The number of ether oxygens (including phenoxy) is 1. The van der Waals surface area contributed by atoms with E-state index in [1.54, 1.807) is 6.20 Å². The normalized spacial score (nSPS) is 19.3. The summed E-state index contributed by atoms with van der Waals surface area (Å²) in [6.07, 6.45) is 2.36. The van der Waals surface area contributed by atoms with E-state index in [0.29, 0.717) is 43.2 Å². The molecule has 0 bridgehead atoms. The van der Waals surface area contributed by atoms with Gasteiger partial charge < -0.3 is 24.4 Å². The molecule has 4 rings (SSSR count). The van der Waals surface area contributed by atoms with E-state index in [2.05, 4.69) is 10.2 Å². The van der Waals surface area contributed by atoms with E-state index in [9.17, 15) is 9.59 Å². The standard InChI is InChI=1S/C21H27FN4O3/c1-4-5-23-21(28)15-11-26-13(2)12-29-20-17(26)14(19(15)27)10-16(22)18(20)25-8-6-24(3)7-9-25/h10-11,13H,4-9,12H2,1-3H3,(H,23,28)/t13-/m0/s1. The number of anilines is 1. The maximum absolute atomic E-state index is 15.2. The molecule has 1 amide bonds. The Hall–Kier alpha value is -2.61. The van der Waals surface area contributed by atoms with Crippen molar-refractivity contribution in [3.63, 3.8) is 0 Å². The molecule has 0 aliphatic carbocycles. The number of halogens is 1. The molecule has 1 aromatic heterocycles. The van der Waals surface area contributed by atoms with Crippen molar-refractivity contribution < 1.29 is 13.9 Å². The molecule has 1 aromatic carbocycles. The van der Waals surface area contributed by atoms with Gasteiger partial charge in [0, 0.05) is 38.9 Å². The lowest BCUT2D eigenvalue weighted by Crippen LogP contribution is -2.45. The lowest BCUT2D eigenvalue weighted by atomic mass is 10.0. The van der Waals surface area contributed by atoms with Gasteiger partial charge in [0.1, 0.15) is 17.9 Å². The van der Waals surface area contributed by atoms with Crippen molar-refractivity contribution in [3.05, 3.63) is 33.9 Å². The summed E-state index contributed by atoms with van der Waals surface area (Å²) in [6.45, 7) is 7.77. The number of likely N-dealkylation sites (N-methyl/N-ethyl adjacent to an activating group) is 1. The average Bonchev–Trinajstić information content (AvgIpc) is 2.71. The van der Waals surface area contributed by atoms with Gasteiger partial charge in [0.15, 0.2) is 11.6 Å². The van der Waals surface area contributed by atoms with Crippen molar-refractivity contribution in [2.75, 3.05) is 51.3 Å². The van der Waals surface area contributed by atoms with Crippen LogP contribution in [-0.2, 0) is 0 Å². The third kappa shape index (κ3) is 3.35. The lowest BCUT2D eigenvalue weighted by Gasteiger charge is -2.37. The van der Waals surface area contributed by atoms with Gasteiger partial charge in [-0.3, -0.25) is 9.59 Å². The fraction of sp³-hybridized carbons (Fsp3) is 0.524. The van der Waals surface area contributed by atoms with E-state index in [1.807, 2.05) is 30.4 Å². The number of carbonyl (C=O) groups excluding carboxylic acids is 1. The third-order valence-corrected chi connectivity index (χ3v) is 5.74. The van der Waals surface area contributed by atoms with Gasteiger partial charge in [-0.1, -0.05) is 6.92 Å². The summed E-state index contributed by atoms with van der Waals surface area (Å²) in [7, 11) is 2.04. The second-order valence-electron chi connectivity index (χ2n) is 7.92. The fourth-order valence-corrected chi connectivity index (χ4v) is 4.03. The molecule has 7 nitrogen and oxygen atoms in total. The molecule has 0 saturated carbocycles. The largest absolute Gasteiger partial charge is 0.487 e. The van der Waals surface area contributed by atoms with Gasteiger partial charge in [-0.15, -0.1) is 0 Å². The van der Waals surface area contributed by atoms with E-state index in [-0.39, 0.29) is 17.0 Å². The van der Waals surface area contributed by atoms with E-state index in [4.69, 9.17) is 4.74 Å². The summed E-state index contributed by atoms with van der Waals surface area (Å²) in [5.41, 5.74) is 0.551. The molecule has 0 unspecified atom stereocenters. The first-order valence-electron chi connectivity index (χ1n) is 10.2. The Labute approximate surface area is 169 Å². The molecule has 1 fully saturated rings. The van der Waals surface area contributed by atoms with Crippen molar-refractivity contribution in [1.29, 1.82) is 0 Å². The van der Waals surface area contributed by atoms with E-state index >= 15 is 4.39 Å². The Balaban J connectivity index is 1.91. The number of benzene rings is 1. The van der Waals surface area contributed by atoms with Crippen LogP contribution in [0.2, 0.25) is 0 Å². The van der Waals surface area contributed by atoms with E-state index in [0.717, 1.165) is 19.5 Å². The van der Waals surface area contributed by atoms with Crippen LogP contribution in [0.1, 0.15) is 36.7 Å². The molecular formula is C21H27FN4O3. The quantitative estimate of drug-likeness (QED) is 0.847. The van der Waals surface area contributed by atoms with E-state index < -0.39 is 17.2 Å². The summed E-state index contributed by atoms with van der Waals surface area (Å²) >= 11 is 0. The Morgan fingerprint density at radius 2 is 2.03 bits per heavy atom. The van der Waals surface area contributed by atoms with Crippen LogP contribution in [0, 0.1) is 5.82 Å². The average molecular weight is 402 g/mol. The predicted octanol–water partition coefficient (Wildman–Crippen LogP) is 1.99. The summed E-state index contributed by atoms with van der Waals surface area (Å²) in [5, 5.41) is 2.93. The van der Waals surface area contributed by atoms with Crippen LogP contribution in [0.3, 0.4) is 0 Å². The topological polar surface area (TPSA) is 66.8 Å². The van der Waals surface area contributed by atoms with Crippen LogP contribution in [-0.4, -0.2) is 61.8 Å². The summed E-state index contributed by atoms with van der Waals surface area (Å²) in [6, 6.07) is 1.19. The highest BCUT2D eigenvalue weighted by Crippen LogP contribution is 2.42. The molecule has 29 heavy (non-hydrogen) atoms. The monoisotopic (exact) mass is 402 g/mol. The highest BCUT2D eigenvalue weighted by atomic mass is 19.1. The highest BCUT2D eigenvalue weighted by molar-refractivity contribution is 6.00. The molecule has 3 heterocycles. The molecule has 1 N–H and O–H groups in total. The van der Waals surface area contributed by atoms with Crippen LogP contribution in [0.25, 0.3) is 10.9 Å². The Morgan fingerprint density at radius 3 is 2.72 bits per heavy atom. The van der Waals surface area contributed by atoms with Gasteiger partial charge in [-0.2, -0.15) is 0 Å². The zero-order valence-corrected chi connectivity index (χ0v) is 17.1. The predicted molar refractivity (Wildman–Crippen MR) is 111 cm³/mol. The molecule has 8 heteroatoms. The zero-order chi connectivity index (χ0) is 20.7. The number of carbonyl (C=O) groups is 1. The molecule has 156 valence electrons. The van der Waals surface area contributed by atoms with Gasteiger partial charge in [0.25, 0.3) is 5.91 Å². The number of pyridine rings is 1. The summed E-state index contributed by atoms with van der Waals surface area (Å²) in [4.78, 5) is 29.7. The zero-order valence-electron chi connectivity index (χ0n) is 17.1.